The second-order valence-electron chi connectivity index (χ2n) is 4.29. The topological polar surface area (TPSA) is 99.1 Å². The number of hydrogen-bond donors (Lipinski definition) is 3. The van der Waals surface area contributed by atoms with Crippen LogP contribution in [0.2, 0.25) is 0 Å². The zero-order chi connectivity index (χ0) is 13.5. The number of amides is 2. The SMILES string of the molecule is COCCN(C(=O)NCCC(O)C(=O)O)C1CC1. The van der Waals surface area contributed by atoms with Gasteiger partial charge in [-0.25, -0.2) is 9.59 Å². The molecule has 1 unspecified atom stereocenters. The molecule has 0 aromatic heterocycles. The van der Waals surface area contributed by atoms with Gasteiger partial charge in [0.2, 0.25) is 0 Å². The van der Waals surface area contributed by atoms with Crippen molar-refractivity contribution in [2.75, 3.05) is 26.8 Å². The minimum atomic E-state index is -1.43. The van der Waals surface area contributed by atoms with Crippen molar-refractivity contribution in [2.45, 2.75) is 31.4 Å². The fraction of sp³-hybridized carbons (Fsp3) is 0.818. The Morgan fingerprint density at radius 2 is 2.17 bits per heavy atom. The molecule has 3 N–H and O–H groups in total. The first kappa shape index (κ1) is 14.7. The molecule has 1 rings (SSSR count). The van der Waals surface area contributed by atoms with E-state index in [0.717, 1.165) is 12.8 Å². The van der Waals surface area contributed by atoms with Crippen molar-refractivity contribution < 1.29 is 24.5 Å². The van der Waals surface area contributed by atoms with E-state index in [1.54, 1.807) is 12.0 Å². The van der Waals surface area contributed by atoms with E-state index in [1.807, 2.05) is 0 Å². The van der Waals surface area contributed by atoms with Crippen LogP contribution >= 0.6 is 0 Å². The Hall–Kier alpha value is -1.34. The van der Waals surface area contributed by atoms with Gasteiger partial charge in [0.05, 0.1) is 6.61 Å². The number of carboxylic acid groups (broad SMARTS) is 1. The summed E-state index contributed by atoms with van der Waals surface area (Å²) in [6.07, 6.45) is 0.562. The second kappa shape index (κ2) is 7.17. The summed E-state index contributed by atoms with van der Waals surface area (Å²) in [5, 5.41) is 20.1. The molecule has 1 fully saturated rings. The summed E-state index contributed by atoms with van der Waals surface area (Å²) in [5.41, 5.74) is 0. The monoisotopic (exact) mass is 260 g/mol. The van der Waals surface area contributed by atoms with Crippen LogP contribution in [-0.2, 0) is 9.53 Å². The summed E-state index contributed by atoms with van der Waals surface area (Å²) in [4.78, 5) is 23.9. The highest BCUT2D eigenvalue weighted by Gasteiger charge is 2.32. The van der Waals surface area contributed by atoms with Crippen molar-refractivity contribution >= 4 is 12.0 Å². The number of nitrogens with zero attached hydrogens (tertiary/aromatic N) is 1. The van der Waals surface area contributed by atoms with E-state index in [9.17, 15) is 9.59 Å². The number of hydrogen-bond acceptors (Lipinski definition) is 4. The molecule has 1 aliphatic carbocycles. The van der Waals surface area contributed by atoms with E-state index in [-0.39, 0.29) is 25.0 Å². The molecule has 7 nitrogen and oxygen atoms in total. The first-order valence-corrected chi connectivity index (χ1v) is 6.00. The van der Waals surface area contributed by atoms with Gasteiger partial charge in [0.1, 0.15) is 0 Å². The second-order valence-corrected chi connectivity index (χ2v) is 4.29. The maximum Gasteiger partial charge on any atom is 0.332 e. The normalized spacial score (nSPS) is 16.1. The van der Waals surface area contributed by atoms with Crippen LogP contribution in [0, 0.1) is 0 Å². The Bertz CT molecular complexity index is 293. The van der Waals surface area contributed by atoms with Gasteiger partial charge in [0.15, 0.2) is 6.10 Å². The fourth-order valence-corrected chi connectivity index (χ4v) is 1.57. The Kier molecular flexibility index (Phi) is 5.87. The van der Waals surface area contributed by atoms with Gasteiger partial charge in [0, 0.05) is 32.7 Å². The van der Waals surface area contributed by atoms with Crippen LogP contribution in [0.25, 0.3) is 0 Å². The van der Waals surface area contributed by atoms with E-state index in [4.69, 9.17) is 14.9 Å². The third-order valence-electron chi connectivity index (χ3n) is 2.76. The lowest BCUT2D eigenvalue weighted by Crippen LogP contribution is -2.44. The summed E-state index contributed by atoms with van der Waals surface area (Å²) in [7, 11) is 1.58. The molecule has 1 aliphatic rings. The third-order valence-corrected chi connectivity index (χ3v) is 2.76. The quantitative estimate of drug-likeness (QED) is 0.553. The minimum Gasteiger partial charge on any atom is -0.479 e. The number of carbonyl (C=O) groups is 2. The van der Waals surface area contributed by atoms with Gasteiger partial charge in [-0.1, -0.05) is 0 Å². The van der Waals surface area contributed by atoms with E-state index in [2.05, 4.69) is 5.32 Å². The Labute approximate surface area is 106 Å². The molecule has 0 radical (unpaired) electrons. The number of carbonyl (C=O) groups excluding carboxylic acids is 1. The molecule has 7 heteroatoms. The predicted octanol–water partition coefficient (Wildman–Crippen LogP) is -0.358. The lowest BCUT2D eigenvalue weighted by atomic mass is 10.2. The average molecular weight is 260 g/mol. The van der Waals surface area contributed by atoms with Crippen molar-refractivity contribution in [1.82, 2.24) is 10.2 Å². The summed E-state index contributed by atoms with van der Waals surface area (Å²) in [6, 6.07) is 0.0386. The van der Waals surface area contributed by atoms with Crippen LogP contribution in [-0.4, -0.2) is 66.1 Å². The molecule has 0 saturated heterocycles. The van der Waals surface area contributed by atoms with Crippen molar-refractivity contribution in [3.8, 4) is 0 Å². The molecule has 0 heterocycles. The van der Waals surface area contributed by atoms with Gasteiger partial charge in [-0.2, -0.15) is 0 Å². The van der Waals surface area contributed by atoms with Crippen LogP contribution in [0.1, 0.15) is 19.3 Å². The van der Waals surface area contributed by atoms with Crippen molar-refractivity contribution in [3.05, 3.63) is 0 Å². The zero-order valence-corrected chi connectivity index (χ0v) is 10.5. The van der Waals surface area contributed by atoms with Gasteiger partial charge >= 0.3 is 12.0 Å². The van der Waals surface area contributed by atoms with Crippen molar-refractivity contribution in [1.29, 1.82) is 0 Å². The fourth-order valence-electron chi connectivity index (χ4n) is 1.57. The number of methoxy groups -OCH3 is 1. The Balaban J connectivity index is 2.26. The van der Waals surface area contributed by atoms with Crippen molar-refractivity contribution in [3.63, 3.8) is 0 Å². The largest absolute Gasteiger partial charge is 0.479 e. The van der Waals surface area contributed by atoms with Crippen LogP contribution in [0.15, 0.2) is 0 Å². The first-order chi connectivity index (χ1) is 8.56. The molecule has 0 aromatic rings. The number of aliphatic carboxylic acids is 1. The molecular weight excluding hydrogens is 240 g/mol. The van der Waals surface area contributed by atoms with Crippen LogP contribution in [0.5, 0.6) is 0 Å². The zero-order valence-electron chi connectivity index (χ0n) is 10.5. The van der Waals surface area contributed by atoms with Gasteiger partial charge < -0.3 is 25.2 Å². The first-order valence-electron chi connectivity index (χ1n) is 6.00. The summed E-state index contributed by atoms with van der Waals surface area (Å²) in [6.45, 7) is 1.14. The smallest absolute Gasteiger partial charge is 0.332 e. The van der Waals surface area contributed by atoms with Gasteiger partial charge in [-0.3, -0.25) is 0 Å². The molecule has 0 bridgehead atoms. The Morgan fingerprint density at radius 1 is 1.50 bits per heavy atom. The maximum atomic E-state index is 11.8. The van der Waals surface area contributed by atoms with E-state index >= 15 is 0 Å². The number of aliphatic hydroxyl groups is 1. The van der Waals surface area contributed by atoms with E-state index < -0.39 is 12.1 Å². The van der Waals surface area contributed by atoms with Crippen LogP contribution < -0.4 is 5.32 Å². The predicted molar refractivity (Wildman–Crippen MR) is 63.3 cm³/mol. The molecule has 104 valence electrons. The third kappa shape index (κ3) is 4.89. The highest BCUT2D eigenvalue weighted by Crippen LogP contribution is 2.26. The van der Waals surface area contributed by atoms with Gasteiger partial charge in [-0.15, -0.1) is 0 Å². The number of aliphatic hydroxyl groups excluding tert-OH is 1. The average Bonchev–Trinajstić information content (AvgIpc) is 3.13. The molecule has 0 spiro atoms. The van der Waals surface area contributed by atoms with Gasteiger partial charge in [0.25, 0.3) is 0 Å². The summed E-state index contributed by atoms with van der Waals surface area (Å²) < 4.78 is 4.94. The number of ether oxygens (including phenoxy) is 1. The molecule has 0 aliphatic heterocycles. The molecule has 18 heavy (non-hydrogen) atoms. The maximum absolute atomic E-state index is 11.8. The highest BCUT2D eigenvalue weighted by molar-refractivity contribution is 5.75. The summed E-state index contributed by atoms with van der Waals surface area (Å²) in [5.74, 6) is -1.28. The molecule has 1 atom stereocenters. The van der Waals surface area contributed by atoms with Crippen LogP contribution in [0.3, 0.4) is 0 Å². The van der Waals surface area contributed by atoms with E-state index in [1.165, 1.54) is 0 Å². The Morgan fingerprint density at radius 3 is 2.67 bits per heavy atom. The highest BCUT2D eigenvalue weighted by atomic mass is 16.5. The van der Waals surface area contributed by atoms with E-state index in [0.29, 0.717) is 13.2 Å². The minimum absolute atomic E-state index is 0.00383. The van der Waals surface area contributed by atoms with Crippen LogP contribution in [0.4, 0.5) is 4.79 Å². The molecule has 2 amide bonds. The number of nitrogens with one attached hydrogen (secondary N) is 1. The lowest BCUT2D eigenvalue weighted by molar-refractivity contribution is -0.146. The molecule has 0 aromatic carbocycles. The number of urea groups is 1. The number of rotatable bonds is 8. The standard InChI is InChI=1S/C11H20N2O5/c1-18-7-6-13(8-2-3-8)11(17)12-5-4-9(14)10(15)16/h8-9,14H,2-7H2,1H3,(H,12,17)(H,15,16). The van der Waals surface area contributed by atoms with Crippen molar-refractivity contribution in [2.24, 2.45) is 0 Å². The number of carboxylic acids is 1. The summed E-state index contributed by atoms with van der Waals surface area (Å²) >= 11 is 0. The van der Waals surface area contributed by atoms with Gasteiger partial charge in [-0.05, 0) is 12.8 Å². The molecular formula is C11H20N2O5. The lowest BCUT2D eigenvalue weighted by Gasteiger charge is -2.22. The molecule has 1 saturated carbocycles.